The number of hydrogen-bond donors (Lipinski definition) is 3. The molecule has 2 aromatic rings. The van der Waals surface area contributed by atoms with Crippen molar-refractivity contribution in [2.45, 2.75) is 0 Å². The van der Waals surface area contributed by atoms with Crippen molar-refractivity contribution in [1.82, 2.24) is 5.43 Å². The van der Waals surface area contributed by atoms with E-state index in [0.717, 1.165) is 18.3 Å². The van der Waals surface area contributed by atoms with Crippen LogP contribution in [0.5, 0.6) is 11.5 Å². The highest BCUT2D eigenvalue weighted by atomic mass is 16.6. The van der Waals surface area contributed by atoms with Crippen LogP contribution in [0.2, 0.25) is 0 Å². The Morgan fingerprint density at radius 3 is 2.59 bits per heavy atom. The molecule has 2 rings (SSSR count). The first-order chi connectivity index (χ1) is 10.5. The molecule has 8 heteroatoms. The number of para-hydroxylation sites is 1. The lowest BCUT2D eigenvalue weighted by Gasteiger charge is -2.02. The van der Waals surface area contributed by atoms with Crippen LogP contribution in [-0.4, -0.2) is 27.3 Å². The van der Waals surface area contributed by atoms with E-state index in [9.17, 15) is 20.0 Å². The van der Waals surface area contributed by atoms with Crippen LogP contribution >= 0.6 is 0 Å². The number of nitrogens with one attached hydrogen (secondary N) is 1. The molecule has 0 saturated heterocycles. The summed E-state index contributed by atoms with van der Waals surface area (Å²) in [6, 6.07) is 9.47. The van der Waals surface area contributed by atoms with E-state index in [-0.39, 0.29) is 22.6 Å². The first-order valence-corrected chi connectivity index (χ1v) is 6.08. The van der Waals surface area contributed by atoms with Gasteiger partial charge in [-0.05, 0) is 24.3 Å². The molecule has 0 heterocycles. The van der Waals surface area contributed by atoms with Crippen molar-refractivity contribution in [3.8, 4) is 11.5 Å². The van der Waals surface area contributed by atoms with E-state index in [0.29, 0.717) is 0 Å². The molecule has 0 aliphatic carbocycles. The minimum absolute atomic E-state index is 0.0787. The Bertz CT molecular complexity index is 758. The van der Waals surface area contributed by atoms with Gasteiger partial charge in [0.05, 0.1) is 16.7 Å². The van der Waals surface area contributed by atoms with Gasteiger partial charge in [0.2, 0.25) is 0 Å². The lowest BCUT2D eigenvalue weighted by atomic mass is 10.2. The van der Waals surface area contributed by atoms with Gasteiger partial charge in [-0.3, -0.25) is 14.9 Å². The predicted octanol–water partition coefficient (Wildman–Crippen LogP) is 1.77. The smallest absolute Gasteiger partial charge is 0.278 e. The summed E-state index contributed by atoms with van der Waals surface area (Å²) in [6.07, 6.45) is 1.15. The Morgan fingerprint density at radius 2 is 1.91 bits per heavy atom. The molecule has 8 nitrogen and oxygen atoms in total. The fraction of sp³-hybridized carbons (Fsp3) is 0. The van der Waals surface area contributed by atoms with Crippen molar-refractivity contribution in [2.24, 2.45) is 5.10 Å². The number of carbonyl (C=O) groups excluding carboxylic acids is 1. The molecule has 0 unspecified atom stereocenters. The molecule has 0 saturated carbocycles. The quantitative estimate of drug-likeness (QED) is 0.343. The van der Waals surface area contributed by atoms with Gasteiger partial charge in [0.1, 0.15) is 0 Å². The number of rotatable bonds is 4. The summed E-state index contributed by atoms with van der Waals surface area (Å²) in [7, 11) is 0. The fourth-order valence-corrected chi connectivity index (χ4v) is 1.65. The van der Waals surface area contributed by atoms with Crippen LogP contribution < -0.4 is 5.43 Å². The van der Waals surface area contributed by atoms with Crippen molar-refractivity contribution in [3.05, 3.63) is 63.7 Å². The van der Waals surface area contributed by atoms with Crippen LogP contribution in [0.15, 0.2) is 47.6 Å². The molecule has 0 radical (unpaired) electrons. The maximum Gasteiger partial charge on any atom is 0.278 e. The molecule has 0 aliphatic heterocycles. The summed E-state index contributed by atoms with van der Waals surface area (Å²) in [5.41, 5.74) is 2.36. The minimum atomic E-state index is -0.634. The molecule has 0 aliphatic rings. The van der Waals surface area contributed by atoms with Crippen molar-refractivity contribution in [1.29, 1.82) is 0 Å². The standard InChI is InChI=1S/C14H11N3O5/c18-12-6-5-9(7-13(12)19)14(20)16-15-8-10-3-1-2-4-11(10)17(21)22/h1-8,18-19H,(H,16,20). The Kier molecular flexibility index (Phi) is 4.33. The van der Waals surface area contributed by atoms with Gasteiger partial charge in [0, 0.05) is 11.6 Å². The largest absolute Gasteiger partial charge is 0.504 e. The van der Waals surface area contributed by atoms with E-state index in [1.54, 1.807) is 6.07 Å². The first-order valence-electron chi connectivity index (χ1n) is 6.08. The minimum Gasteiger partial charge on any atom is -0.504 e. The molecular formula is C14H11N3O5. The zero-order chi connectivity index (χ0) is 16.1. The second-order valence-electron chi connectivity index (χ2n) is 4.22. The van der Waals surface area contributed by atoms with Gasteiger partial charge in [-0.1, -0.05) is 12.1 Å². The van der Waals surface area contributed by atoms with Crippen LogP contribution in [0.3, 0.4) is 0 Å². The van der Waals surface area contributed by atoms with E-state index >= 15 is 0 Å². The zero-order valence-electron chi connectivity index (χ0n) is 11.1. The summed E-state index contributed by atoms with van der Waals surface area (Å²) in [4.78, 5) is 22.0. The van der Waals surface area contributed by atoms with Gasteiger partial charge in [-0.25, -0.2) is 5.43 Å². The lowest BCUT2D eigenvalue weighted by molar-refractivity contribution is -0.385. The Hall–Kier alpha value is -3.42. The zero-order valence-corrected chi connectivity index (χ0v) is 11.1. The number of aromatic hydroxyl groups is 2. The van der Waals surface area contributed by atoms with Crippen molar-refractivity contribution in [3.63, 3.8) is 0 Å². The molecule has 1 amide bonds. The van der Waals surface area contributed by atoms with Crippen LogP contribution in [0.25, 0.3) is 0 Å². The molecule has 2 aromatic carbocycles. The van der Waals surface area contributed by atoms with Crippen LogP contribution in [0.4, 0.5) is 5.69 Å². The topological polar surface area (TPSA) is 125 Å². The number of hydrazone groups is 1. The van der Waals surface area contributed by atoms with Crippen LogP contribution in [0.1, 0.15) is 15.9 Å². The normalized spacial score (nSPS) is 10.5. The summed E-state index contributed by atoms with van der Waals surface area (Å²) in [5.74, 6) is -1.42. The molecule has 0 atom stereocenters. The number of amides is 1. The van der Waals surface area contributed by atoms with Crippen molar-refractivity contribution in [2.75, 3.05) is 0 Å². The summed E-state index contributed by atoms with van der Waals surface area (Å²) in [6.45, 7) is 0. The summed E-state index contributed by atoms with van der Waals surface area (Å²) >= 11 is 0. The molecule has 3 N–H and O–H groups in total. The third-order valence-corrected chi connectivity index (χ3v) is 2.74. The summed E-state index contributed by atoms with van der Waals surface area (Å²) in [5, 5.41) is 32.9. The molecule has 0 bridgehead atoms. The van der Waals surface area contributed by atoms with Gasteiger partial charge in [0.15, 0.2) is 11.5 Å². The second kappa shape index (κ2) is 6.35. The van der Waals surface area contributed by atoms with Gasteiger partial charge in [-0.2, -0.15) is 5.10 Å². The molecular weight excluding hydrogens is 290 g/mol. The Morgan fingerprint density at radius 1 is 1.18 bits per heavy atom. The highest BCUT2D eigenvalue weighted by molar-refractivity contribution is 5.95. The number of carbonyl (C=O) groups is 1. The molecule has 0 aromatic heterocycles. The van der Waals surface area contributed by atoms with E-state index in [1.165, 1.54) is 24.3 Å². The molecule has 0 fully saturated rings. The number of nitrogens with zero attached hydrogens (tertiary/aromatic N) is 2. The van der Waals surface area contributed by atoms with Gasteiger partial charge < -0.3 is 10.2 Å². The van der Waals surface area contributed by atoms with E-state index in [1.807, 2.05) is 0 Å². The highest BCUT2D eigenvalue weighted by Gasteiger charge is 2.11. The third kappa shape index (κ3) is 3.37. The van der Waals surface area contributed by atoms with Crippen molar-refractivity contribution < 1.29 is 19.9 Å². The summed E-state index contributed by atoms with van der Waals surface area (Å²) < 4.78 is 0. The Balaban J connectivity index is 2.11. The predicted molar refractivity (Wildman–Crippen MR) is 77.9 cm³/mol. The monoisotopic (exact) mass is 301 g/mol. The SMILES string of the molecule is O=C(NN=Cc1ccccc1[N+](=O)[O-])c1ccc(O)c(O)c1. The maximum absolute atomic E-state index is 11.8. The van der Waals surface area contributed by atoms with E-state index < -0.39 is 16.6 Å². The number of nitro benzene ring substituents is 1. The van der Waals surface area contributed by atoms with E-state index in [2.05, 4.69) is 10.5 Å². The lowest BCUT2D eigenvalue weighted by Crippen LogP contribution is -2.17. The van der Waals surface area contributed by atoms with Crippen molar-refractivity contribution >= 4 is 17.8 Å². The first kappa shape index (κ1) is 15.0. The molecule has 22 heavy (non-hydrogen) atoms. The number of nitro groups is 1. The third-order valence-electron chi connectivity index (χ3n) is 2.74. The van der Waals surface area contributed by atoms with Crippen LogP contribution in [0, 0.1) is 10.1 Å². The average molecular weight is 301 g/mol. The molecule has 0 spiro atoms. The van der Waals surface area contributed by atoms with Gasteiger partial charge in [0.25, 0.3) is 11.6 Å². The number of phenols is 2. The maximum atomic E-state index is 11.8. The average Bonchev–Trinajstić information content (AvgIpc) is 2.50. The van der Waals surface area contributed by atoms with Gasteiger partial charge >= 0.3 is 0 Å². The number of phenolic OH excluding ortho intramolecular Hbond substituents is 2. The van der Waals surface area contributed by atoms with Crippen LogP contribution in [-0.2, 0) is 0 Å². The Labute approximate surface area is 124 Å². The molecule has 112 valence electrons. The van der Waals surface area contributed by atoms with Gasteiger partial charge in [-0.15, -0.1) is 0 Å². The fourth-order valence-electron chi connectivity index (χ4n) is 1.65. The second-order valence-corrected chi connectivity index (χ2v) is 4.22. The number of hydrogen-bond acceptors (Lipinski definition) is 6. The number of benzene rings is 2. The van der Waals surface area contributed by atoms with E-state index in [4.69, 9.17) is 5.11 Å². The highest BCUT2D eigenvalue weighted by Crippen LogP contribution is 2.24.